The van der Waals surface area contributed by atoms with E-state index in [-0.39, 0.29) is 0 Å². The Morgan fingerprint density at radius 3 is 2.70 bits per heavy atom. The summed E-state index contributed by atoms with van der Waals surface area (Å²) < 4.78 is 5.11. The summed E-state index contributed by atoms with van der Waals surface area (Å²) in [7, 11) is 0. The lowest BCUT2D eigenvalue weighted by atomic mass is 10.1. The normalized spacial score (nSPS) is 9.90. The fourth-order valence-corrected chi connectivity index (χ4v) is 1.39. The van der Waals surface area contributed by atoms with Gasteiger partial charge >= 0.3 is 6.09 Å². The van der Waals surface area contributed by atoms with Crippen molar-refractivity contribution >= 4 is 6.09 Å². The van der Waals surface area contributed by atoms with Gasteiger partial charge in [-0.15, -0.1) is 6.42 Å². The molecule has 0 saturated heterocycles. The van der Waals surface area contributed by atoms with Crippen LogP contribution in [0.5, 0.6) is 0 Å². The quantitative estimate of drug-likeness (QED) is 0.662. The average Bonchev–Trinajstić information content (AvgIpc) is 2.36. The van der Waals surface area contributed by atoms with Crippen molar-refractivity contribution in [3.05, 3.63) is 35.4 Å². The zero-order chi connectivity index (χ0) is 15.0. The SMILES string of the molecule is C#Cc1cccc(C#CCCNC(=O)OC(C)(C)C)c1. The van der Waals surface area contributed by atoms with E-state index in [4.69, 9.17) is 11.2 Å². The summed E-state index contributed by atoms with van der Waals surface area (Å²) in [6, 6.07) is 7.48. The molecule has 0 fully saturated rings. The Balaban J connectivity index is 2.37. The van der Waals surface area contributed by atoms with Crippen molar-refractivity contribution in [2.45, 2.75) is 32.8 Å². The van der Waals surface area contributed by atoms with E-state index in [2.05, 4.69) is 23.1 Å². The average molecular weight is 269 g/mol. The van der Waals surface area contributed by atoms with Crippen molar-refractivity contribution in [1.82, 2.24) is 5.32 Å². The smallest absolute Gasteiger partial charge is 0.407 e. The van der Waals surface area contributed by atoms with Crippen LogP contribution in [0.15, 0.2) is 24.3 Å². The Labute approximate surface area is 120 Å². The first-order chi connectivity index (χ1) is 9.40. The Hall–Kier alpha value is -2.39. The lowest BCUT2D eigenvalue weighted by molar-refractivity contribution is 0.0529. The minimum absolute atomic E-state index is 0.423. The van der Waals surface area contributed by atoms with Gasteiger partial charge in [-0.1, -0.05) is 23.8 Å². The number of hydrogen-bond acceptors (Lipinski definition) is 2. The summed E-state index contributed by atoms with van der Waals surface area (Å²) in [5.74, 6) is 8.55. The van der Waals surface area contributed by atoms with Crippen molar-refractivity contribution in [2.24, 2.45) is 0 Å². The highest BCUT2D eigenvalue weighted by Gasteiger charge is 2.15. The molecule has 1 aromatic carbocycles. The molecule has 0 aliphatic carbocycles. The summed E-state index contributed by atoms with van der Waals surface area (Å²) >= 11 is 0. The van der Waals surface area contributed by atoms with E-state index >= 15 is 0 Å². The molecular weight excluding hydrogens is 250 g/mol. The highest BCUT2D eigenvalue weighted by molar-refractivity contribution is 5.67. The van der Waals surface area contributed by atoms with Crippen molar-refractivity contribution in [1.29, 1.82) is 0 Å². The number of benzene rings is 1. The van der Waals surface area contributed by atoms with E-state index in [1.54, 1.807) is 0 Å². The van der Waals surface area contributed by atoms with Gasteiger partial charge in [-0.3, -0.25) is 0 Å². The maximum absolute atomic E-state index is 11.4. The Kier molecular flexibility index (Phi) is 5.69. The van der Waals surface area contributed by atoms with Gasteiger partial charge in [0.1, 0.15) is 5.60 Å². The molecule has 1 rings (SSSR count). The molecule has 1 N–H and O–H groups in total. The zero-order valence-corrected chi connectivity index (χ0v) is 12.1. The Morgan fingerprint density at radius 1 is 1.35 bits per heavy atom. The molecule has 0 heterocycles. The predicted molar refractivity (Wildman–Crippen MR) is 80.1 cm³/mol. The number of ether oxygens (including phenoxy) is 1. The van der Waals surface area contributed by atoms with E-state index < -0.39 is 11.7 Å². The molecular formula is C17H19NO2. The third-order valence-corrected chi connectivity index (χ3v) is 2.18. The number of nitrogens with one attached hydrogen (secondary N) is 1. The van der Waals surface area contributed by atoms with Gasteiger partial charge < -0.3 is 10.1 Å². The fourth-order valence-electron chi connectivity index (χ4n) is 1.39. The summed E-state index contributed by atoms with van der Waals surface area (Å²) in [6.45, 7) is 5.93. The number of rotatable bonds is 2. The van der Waals surface area contributed by atoms with E-state index in [0.717, 1.165) is 11.1 Å². The third-order valence-electron chi connectivity index (χ3n) is 2.18. The van der Waals surface area contributed by atoms with E-state index in [9.17, 15) is 4.79 Å². The van der Waals surface area contributed by atoms with Gasteiger partial charge in [0.05, 0.1) is 0 Å². The van der Waals surface area contributed by atoms with Crippen LogP contribution in [-0.2, 0) is 4.74 Å². The molecule has 0 aliphatic rings. The molecule has 0 aliphatic heterocycles. The molecule has 0 spiro atoms. The van der Waals surface area contributed by atoms with Gasteiger partial charge in [0.2, 0.25) is 0 Å². The number of hydrogen-bond donors (Lipinski definition) is 1. The number of carbonyl (C=O) groups excluding carboxylic acids is 1. The molecule has 0 radical (unpaired) electrons. The highest BCUT2D eigenvalue weighted by Crippen LogP contribution is 2.06. The molecule has 0 saturated carbocycles. The Morgan fingerprint density at radius 2 is 2.05 bits per heavy atom. The second-order valence-corrected chi connectivity index (χ2v) is 5.21. The van der Waals surface area contributed by atoms with Crippen LogP contribution in [0.1, 0.15) is 38.3 Å². The zero-order valence-electron chi connectivity index (χ0n) is 12.1. The molecule has 1 aromatic rings. The van der Waals surface area contributed by atoms with Crippen LogP contribution in [-0.4, -0.2) is 18.2 Å². The molecule has 0 unspecified atom stereocenters. The van der Waals surface area contributed by atoms with Gasteiger partial charge in [-0.05, 0) is 39.0 Å². The van der Waals surface area contributed by atoms with Gasteiger partial charge in [0.15, 0.2) is 0 Å². The van der Waals surface area contributed by atoms with Crippen LogP contribution in [0.4, 0.5) is 4.79 Å². The fraction of sp³-hybridized carbons (Fsp3) is 0.353. The van der Waals surface area contributed by atoms with Crippen LogP contribution in [0.2, 0.25) is 0 Å². The Bertz CT molecular complexity index is 565. The van der Waals surface area contributed by atoms with Gasteiger partial charge in [-0.2, -0.15) is 0 Å². The van der Waals surface area contributed by atoms with E-state index in [1.807, 2.05) is 45.0 Å². The maximum Gasteiger partial charge on any atom is 0.407 e. The number of alkyl carbamates (subject to hydrolysis) is 1. The van der Waals surface area contributed by atoms with E-state index in [0.29, 0.717) is 13.0 Å². The predicted octanol–water partition coefficient (Wildman–Crippen LogP) is 2.93. The molecule has 20 heavy (non-hydrogen) atoms. The van der Waals surface area contributed by atoms with Crippen LogP contribution >= 0.6 is 0 Å². The van der Waals surface area contributed by atoms with Gasteiger partial charge in [0.25, 0.3) is 0 Å². The van der Waals surface area contributed by atoms with Gasteiger partial charge in [-0.25, -0.2) is 4.79 Å². The largest absolute Gasteiger partial charge is 0.444 e. The van der Waals surface area contributed by atoms with Crippen LogP contribution in [0, 0.1) is 24.2 Å². The van der Waals surface area contributed by atoms with Crippen molar-refractivity contribution in [3.63, 3.8) is 0 Å². The molecule has 3 nitrogen and oxygen atoms in total. The summed E-state index contributed by atoms with van der Waals surface area (Å²) in [5.41, 5.74) is 1.20. The summed E-state index contributed by atoms with van der Waals surface area (Å²) in [5, 5.41) is 2.65. The molecule has 0 aromatic heterocycles. The molecule has 3 heteroatoms. The van der Waals surface area contributed by atoms with Crippen molar-refractivity contribution in [3.8, 4) is 24.2 Å². The van der Waals surface area contributed by atoms with Gasteiger partial charge in [0, 0.05) is 24.1 Å². The van der Waals surface area contributed by atoms with E-state index in [1.165, 1.54) is 0 Å². The topological polar surface area (TPSA) is 38.3 Å². The highest BCUT2D eigenvalue weighted by atomic mass is 16.6. The summed E-state index contributed by atoms with van der Waals surface area (Å²) in [6.07, 6.45) is 5.45. The number of carbonyl (C=O) groups is 1. The molecule has 104 valence electrons. The first kappa shape index (κ1) is 15.7. The summed E-state index contributed by atoms with van der Waals surface area (Å²) in [4.78, 5) is 11.4. The third kappa shape index (κ3) is 6.52. The minimum atomic E-state index is -0.481. The monoisotopic (exact) mass is 269 g/mol. The second kappa shape index (κ2) is 7.26. The first-order valence-electron chi connectivity index (χ1n) is 6.43. The maximum atomic E-state index is 11.4. The molecule has 0 bridgehead atoms. The first-order valence-corrected chi connectivity index (χ1v) is 6.43. The van der Waals surface area contributed by atoms with Crippen LogP contribution in [0.25, 0.3) is 0 Å². The lowest BCUT2D eigenvalue weighted by Crippen LogP contribution is -2.32. The standard InChI is InChI=1S/C17H19NO2/c1-5-14-10-8-11-15(13-14)9-6-7-12-18-16(19)20-17(2,3)4/h1,8,10-11,13H,7,12H2,2-4H3,(H,18,19). The minimum Gasteiger partial charge on any atom is -0.444 e. The van der Waals surface area contributed by atoms with Crippen LogP contribution in [0.3, 0.4) is 0 Å². The van der Waals surface area contributed by atoms with Crippen LogP contribution < -0.4 is 5.32 Å². The molecule has 0 atom stereocenters. The number of amides is 1. The second-order valence-electron chi connectivity index (χ2n) is 5.21. The number of terminal acetylenes is 1. The van der Waals surface area contributed by atoms with Crippen molar-refractivity contribution in [2.75, 3.05) is 6.54 Å². The van der Waals surface area contributed by atoms with Crippen molar-refractivity contribution < 1.29 is 9.53 Å². The lowest BCUT2D eigenvalue weighted by Gasteiger charge is -2.19. The molecule has 1 amide bonds.